The molecule has 238 valence electrons. The predicted octanol–water partition coefficient (Wildman–Crippen LogP) is 6.81. The van der Waals surface area contributed by atoms with Gasteiger partial charge in [-0.3, -0.25) is 9.69 Å². The van der Waals surface area contributed by atoms with Crippen LogP contribution in [0.15, 0.2) is 84.9 Å². The summed E-state index contributed by atoms with van der Waals surface area (Å²) in [6.07, 6.45) is -4.70. The summed E-state index contributed by atoms with van der Waals surface area (Å²) in [5.74, 6) is -0.928. The van der Waals surface area contributed by atoms with E-state index in [1.165, 1.54) is 41.3 Å². The van der Waals surface area contributed by atoms with Crippen LogP contribution in [0.3, 0.4) is 0 Å². The van der Waals surface area contributed by atoms with Gasteiger partial charge in [0.1, 0.15) is 11.3 Å². The highest BCUT2D eigenvalue weighted by molar-refractivity contribution is 6.03. The fourth-order valence-electron chi connectivity index (χ4n) is 5.86. The lowest BCUT2D eigenvalue weighted by atomic mass is 9.69. The average molecular weight is 632 g/mol. The second kappa shape index (κ2) is 12.0. The monoisotopic (exact) mass is 631 g/mol. The van der Waals surface area contributed by atoms with Gasteiger partial charge in [0.05, 0.1) is 23.4 Å². The molecule has 1 aliphatic carbocycles. The molecular formula is C34H32F3N5O4. The summed E-state index contributed by atoms with van der Waals surface area (Å²) in [4.78, 5) is 27.5. The zero-order chi connectivity index (χ0) is 33.4. The van der Waals surface area contributed by atoms with Crippen molar-refractivity contribution in [3.63, 3.8) is 0 Å². The van der Waals surface area contributed by atoms with Gasteiger partial charge in [0, 0.05) is 17.8 Å². The largest absolute Gasteiger partial charge is 0.465 e. The van der Waals surface area contributed by atoms with E-state index in [0.717, 1.165) is 4.68 Å². The molecule has 0 bridgehead atoms. The van der Waals surface area contributed by atoms with E-state index in [0.29, 0.717) is 24.5 Å². The molecule has 1 aromatic heterocycles. The zero-order valence-electron chi connectivity index (χ0n) is 25.3. The number of nitrogens with zero attached hydrogens (tertiary/aromatic N) is 4. The van der Waals surface area contributed by atoms with E-state index >= 15 is 0 Å². The van der Waals surface area contributed by atoms with E-state index < -0.39 is 46.6 Å². The molecule has 1 fully saturated rings. The number of aromatic nitrogens is 2. The van der Waals surface area contributed by atoms with Gasteiger partial charge in [-0.15, -0.1) is 0 Å². The summed E-state index contributed by atoms with van der Waals surface area (Å²) in [6.45, 7) is 5.53. The number of anilines is 1. The van der Waals surface area contributed by atoms with Crippen LogP contribution in [0.25, 0.3) is 5.69 Å². The van der Waals surface area contributed by atoms with E-state index in [1.807, 2.05) is 26.8 Å². The predicted molar refractivity (Wildman–Crippen MR) is 163 cm³/mol. The third kappa shape index (κ3) is 6.32. The molecule has 9 nitrogen and oxygen atoms in total. The maximum Gasteiger partial charge on any atom is 0.435 e. The summed E-state index contributed by atoms with van der Waals surface area (Å²) in [6, 6.07) is 21.8. The smallest absolute Gasteiger partial charge is 0.435 e. The van der Waals surface area contributed by atoms with E-state index in [-0.39, 0.29) is 28.5 Å². The van der Waals surface area contributed by atoms with Gasteiger partial charge < -0.3 is 15.5 Å². The SMILES string of the molecule is CC(C)(C)C(N(C(=O)O)C1CC1)C(O)(c1ccccc1)c1cccc(NC(=O)c2cc(C(F)(F)F)nn2-c2cccc(C#N)c2)c1. The topological polar surface area (TPSA) is 131 Å². The minimum atomic E-state index is -4.85. The number of rotatable bonds is 8. The molecule has 0 spiro atoms. The van der Waals surface area contributed by atoms with Crippen molar-refractivity contribution in [3.8, 4) is 11.8 Å². The van der Waals surface area contributed by atoms with Crippen molar-refractivity contribution >= 4 is 17.7 Å². The Hall–Kier alpha value is -5.15. The first kappa shape index (κ1) is 32.2. The standard InChI is InChI=1S/C34H32F3N5O4/c1-32(2,3)30(41(31(44)45)25-15-16-25)33(46,22-10-5-4-6-11-22)23-12-8-13-24(18-23)39-29(43)27-19-28(34(35,36)37)40-42(27)26-14-7-9-21(17-26)20-38/h4-14,17-19,25,30,46H,15-16H2,1-3H3,(H,39,43)(H,44,45). The van der Waals surface area contributed by atoms with Gasteiger partial charge in [-0.2, -0.15) is 23.5 Å². The van der Waals surface area contributed by atoms with Gasteiger partial charge >= 0.3 is 12.3 Å². The van der Waals surface area contributed by atoms with Gasteiger partial charge in [0.2, 0.25) is 0 Å². The molecule has 3 N–H and O–H groups in total. The lowest BCUT2D eigenvalue weighted by Gasteiger charge is -2.49. The number of hydrogen-bond donors (Lipinski definition) is 3. The van der Waals surface area contributed by atoms with Crippen molar-refractivity contribution in [3.05, 3.63) is 113 Å². The number of alkyl halides is 3. The summed E-state index contributed by atoms with van der Waals surface area (Å²) in [5.41, 5.74) is -3.33. The maximum atomic E-state index is 13.7. The molecule has 4 aromatic rings. The van der Waals surface area contributed by atoms with Crippen LogP contribution in [0.4, 0.5) is 23.7 Å². The molecule has 0 saturated heterocycles. The van der Waals surface area contributed by atoms with Crippen LogP contribution in [-0.2, 0) is 11.8 Å². The van der Waals surface area contributed by atoms with E-state index in [2.05, 4.69) is 10.4 Å². The molecule has 46 heavy (non-hydrogen) atoms. The van der Waals surface area contributed by atoms with Crippen molar-refractivity contribution in [2.24, 2.45) is 5.41 Å². The molecule has 2 unspecified atom stereocenters. The van der Waals surface area contributed by atoms with Crippen molar-refractivity contribution in [2.45, 2.75) is 57.5 Å². The molecule has 3 aromatic carbocycles. The molecule has 5 rings (SSSR count). The maximum absolute atomic E-state index is 13.7. The Balaban J connectivity index is 1.60. The zero-order valence-corrected chi connectivity index (χ0v) is 25.3. The molecule has 0 radical (unpaired) electrons. The molecule has 1 heterocycles. The summed E-state index contributed by atoms with van der Waals surface area (Å²) in [5, 5.41) is 38.6. The van der Waals surface area contributed by atoms with Crippen LogP contribution in [-0.4, -0.2) is 49.0 Å². The number of carbonyl (C=O) groups is 2. The number of amides is 2. The fourth-order valence-corrected chi connectivity index (χ4v) is 5.86. The summed E-state index contributed by atoms with van der Waals surface area (Å²) in [7, 11) is 0. The molecular weight excluding hydrogens is 599 g/mol. The van der Waals surface area contributed by atoms with Crippen LogP contribution in [0, 0.1) is 16.7 Å². The Morgan fingerprint density at radius 2 is 1.63 bits per heavy atom. The van der Waals surface area contributed by atoms with Crippen molar-refractivity contribution < 1.29 is 33.0 Å². The second-order valence-corrected chi connectivity index (χ2v) is 12.3. The van der Waals surface area contributed by atoms with E-state index in [4.69, 9.17) is 0 Å². The van der Waals surface area contributed by atoms with E-state index in [9.17, 15) is 38.2 Å². The first-order valence-corrected chi connectivity index (χ1v) is 14.5. The molecule has 2 amide bonds. The molecule has 1 aliphatic rings. The van der Waals surface area contributed by atoms with Crippen LogP contribution >= 0.6 is 0 Å². The highest BCUT2D eigenvalue weighted by Gasteiger charge is 2.54. The molecule has 0 aliphatic heterocycles. The number of carbonyl (C=O) groups excluding carboxylic acids is 1. The van der Waals surface area contributed by atoms with Crippen molar-refractivity contribution in [1.82, 2.24) is 14.7 Å². The molecule has 2 atom stereocenters. The Kier molecular flexibility index (Phi) is 8.40. The Morgan fingerprint density at radius 1 is 0.978 bits per heavy atom. The summed E-state index contributed by atoms with van der Waals surface area (Å²) < 4.78 is 41.9. The first-order valence-electron chi connectivity index (χ1n) is 14.5. The van der Waals surface area contributed by atoms with Crippen molar-refractivity contribution in [2.75, 3.05) is 5.32 Å². The van der Waals surface area contributed by atoms with Crippen LogP contribution < -0.4 is 5.32 Å². The highest BCUT2D eigenvalue weighted by atomic mass is 19.4. The van der Waals surface area contributed by atoms with Gasteiger partial charge in [-0.25, -0.2) is 9.48 Å². The Morgan fingerprint density at radius 3 is 2.22 bits per heavy atom. The van der Waals surface area contributed by atoms with Crippen LogP contribution in [0.2, 0.25) is 0 Å². The van der Waals surface area contributed by atoms with E-state index in [1.54, 1.807) is 42.5 Å². The van der Waals surface area contributed by atoms with Crippen LogP contribution in [0.1, 0.15) is 66.5 Å². The lowest BCUT2D eigenvalue weighted by Crippen LogP contribution is -2.60. The van der Waals surface area contributed by atoms with Gasteiger partial charge in [0.25, 0.3) is 5.91 Å². The minimum Gasteiger partial charge on any atom is -0.465 e. The number of aliphatic hydroxyl groups is 1. The molecule has 1 saturated carbocycles. The number of hydrogen-bond acceptors (Lipinski definition) is 5. The number of carboxylic acid groups (broad SMARTS) is 1. The number of benzene rings is 3. The van der Waals surface area contributed by atoms with Gasteiger partial charge in [-0.05, 0) is 59.7 Å². The highest BCUT2D eigenvalue weighted by Crippen LogP contribution is 2.47. The van der Waals surface area contributed by atoms with Gasteiger partial charge in [-0.1, -0.05) is 69.3 Å². The van der Waals surface area contributed by atoms with Crippen molar-refractivity contribution in [1.29, 1.82) is 5.26 Å². The average Bonchev–Trinajstić information content (AvgIpc) is 3.73. The molecule has 12 heteroatoms. The lowest BCUT2D eigenvalue weighted by molar-refractivity contribution is -0.141. The first-order chi connectivity index (χ1) is 21.6. The number of halogens is 3. The van der Waals surface area contributed by atoms with Crippen LogP contribution in [0.5, 0.6) is 0 Å². The normalized spacial score (nSPS) is 15.3. The van der Waals surface area contributed by atoms with Gasteiger partial charge in [0.15, 0.2) is 5.69 Å². The fraction of sp³-hybridized carbons (Fsp3) is 0.294. The quantitative estimate of drug-likeness (QED) is 0.196. The minimum absolute atomic E-state index is 0.0776. The third-order valence-corrected chi connectivity index (χ3v) is 7.88. The Bertz CT molecular complexity index is 1810. The summed E-state index contributed by atoms with van der Waals surface area (Å²) >= 11 is 0. The second-order valence-electron chi connectivity index (χ2n) is 12.3. The number of nitriles is 1. The number of nitrogens with one attached hydrogen (secondary N) is 1. The Labute approximate surface area is 263 Å². The third-order valence-electron chi connectivity index (χ3n) is 7.88.